The zero-order valence-electron chi connectivity index (χ0n) is 12.2. The Labute approximate surface area is 125 Å². The number of nitrogens with zero attached hydrogens (tertiary/aromatic N) is 1. The van der Waals surface area contributed by atoms with Crippen LogP contribution in [-0.2, 0) is 27.9 Å². The second-order valence-electron chi connectivity index (χ2n) is 5.14. The quantitative estimate of drug-likeness (QED) is 0.757. The number of hydrogen-bond donors (Lipinski definition) is 2. The number of fused-ring (bicyclic) bond motifs is 1. The van der Waals surface area contributed by atoms with Gasteiger partial charge in [0.05, 0.1) is 6.61 Å². The molecule has 2 rings (SSSR count). The molecule has 0 bridgehead atoms. The maximum absolute atomic E-state index is 12.4. The number of nitrogens with one attached hydrogen (secondary N) is 1. The van der Waals surface area contributed by atoms with Crippen LogP contribution in [0.2, 0.25) is 0 Å². The van der Waals surface area contributed by atoms with Crippen LogP contribution in [0.15, 0.2) is 24.3 Å². The first kappa shape index (κ1) is 16.4. The first-order valence-corrected chi connectivity index (χ1v) is 8.45. The van der Waals surface area contributed by atoms with E-state index in [-0.39, 0.29) is 13.2 Å². The average molecular weight is 314 g/mol. The van der Waals surface area contributed by atoms with Crippen LogP contribution < -0.4 is 4.72 Å². The van der Waals surface area contributed by atoms with Crippen molar-refractivity contribution in [3.63, 3.8) is 0 Å². The van der Waals surface area contributed by atoms with Gasteiger partial charge in [0.2, 0.25) is 0 Å². The summed E-state index contributed by atoms with van der Waals surface area (Å²) >= 11 is 0. The zero-order chi connectivity index (χ0) is 15.3. The molecule has 6 nitrogen and oxygen atoms in total. The van der Waals surface area contributed by atoms with Crippen LogP contribution in [0.25, 0.3) is 0 Å². The number of ether oxygens (including phenoxy) is 1. The lowest BCUT2D eigenvalue weighted by Gasteiger charge is -2.29. The van der Waals surface area contributed by atoms with Crippen LogP contribution >= 0.6 is 0 Å². The number of aliphatic hydroxyl groups is 1. The van der Waals surface area contributed by atoms with Crippen LogP contribution in [0.3, 0.4) is 0 Å². The molecule has 0 radical (unpaired) electrons. The third kappa shape index (κ3) is 4.24. The number of benzene rings is 1. The van der Waals surface area contributed by atoms with Gasteiger partial charge >= 0.3 is 0 Å². The highest BCUT2D eigenvalue weighted by atomic mass is 32.2. The molecule has 0 saturated heterocycles. The predicted molar refractivity (Wildman–Crippen MR) is 80.0 cm³/mol. The minimum Gasteiger partial charge on any atom is -0.396 e. The number of rotatable bonds is 7. The minimum absolute atomic E-state index is 0.0839. The van der Waals surface area contributed by atoms with Crippen molar-refractivity contribution in [3.8, 4) is 0 Å². The van der Waals surface area contributed by atoms with Crippen LogP contribution in [0.5, 0.6) is 0 Å². The second-order valence-corrected chi connectivity index (χ2v) is 6.84. The zero-order valence-corrected chi connectivity index (χ0v) is 13.0. The highest BCUT2D eigenvalue weighted by Gasteiger charge is 2.28. The lowest BCUT2D eigenvalue weighted by molar-refractivity contribution is 0.156. The van der Waals surface area contributed by atoms with Crippen molar-refractivity contribution >= 4 is 10.2 Å². The molecule has 1 aliphatic heterocycles. The lowest BCUT2D eigenvalue weighted by Crippen LogP contribution is -2.48. The van der Waals surface area contributed by atoms with E-state index in [1.54, 1.807) is 0 Å². The van der Waals surface area contributed by atoms with E-state index >= 15 is 0 Å². The Morgan fingerprint density at radius 3 is 2.76 bits per heavy atom. The Hall–Kier alpha value is -0.990. The van der Waals surface area contributed by atoms with Gasteiger partial charge in [0, 0.05) is 32.8 Å². The fraction of sp³-hybridized carbons (Fsp3) is 0.571. The summed E-state index contributed by atoms with van der Waals surface area (Å²) in [6, 6.07) is 7.46. The predicted octanol–water partition coefficient (Wildman–Crippen LogP) is 0.277. The molecule has 1 aromatic carbocycles. The molecule has 0 amide bonds. The van der Waals surface area contributed by atoms with Gasteiger partial charge in [0.25, 0.3) is 10.2 Å². The maximum Gasteiger partial charge on any atom is 0.280 e. The Morgan fingerprint density at radius 1 is 1.38 bits per heavy atom. The fourth-order valence-corrected chi connectivity index (χ4v) is 3.89. The lowest BCUT2D eigenvalue weighted by atomic mass is 10.0. The van der Waals surface area contributed by atoms with Gasteiger partial charge in [0.1, 0.15) is 0 Å². The normalized spacial score (nSPS) is 17.4. The van der Waals surface area contributed by atoms with Crippen molar-refractivity contribution in [2.24, 2.45) is 0 Å². The first-order chi connectivity index (χ1) is 10.1. The van der Waals surface area contributed by atoms with E-state index in [0.29, 0.717) is 25.9 Å². The molecule has 1 unspecified atom stereocenters. The van der Waals surface area contributed by atoms with Crippen molar-refractivity contribution in [3.05, 3.63) is 35.4 Å². The first-order valence-electron chi connectivity index (χ1n) is 7.01. The average Bonchev–Trinajstić information content (AvgIpc) is 2.47. The number of methoxy groups -OCH3 is 1. The summed E-state index contributed by atoms with van der Waals surface area (Å²) in [6.45, 7) is 0.999. The summed E-state index contributed by atoms with van der Waals surface area (Å²) in [5, 5.41) is 9.00. The minimum atomic E-state index is -3.58. The highest BCUT2D eigenvalue weighted by molar-refractivity contribution is 7.87. The van der Waals surface area contributed by atoms with E-state index in [4.69, 9.17) is 9.84 Å². The van der Waals surface area contributed by atoms with E-state index in [9.17, 15) is 8.42 Å². The molecule has 0 spiro atoms. The molecule has 21 heavy (non-hydrogen) atoms. The molecule has 1 heterocycles. The van der Waals surface area contributed by atoms with Gasteiger partial charge < -0.3 is 9.84 Å². The van der Waals surface area contributed by atoms with Gasteiger partial charge in [-0.3, -0.25) is 0 Å². The summed E-state index contributed by atoms with van der Waals surface area (Å²) in [4.78, 5) is 0. The van der Waals surface area contributed by atoms with Crippen LogP contribution in [0.4, 0.5) is 0 Å². The van der Waals surface area contributed by atoms with Crippen LogP contribution in [0, 0.1) is 0 Å². The van der Waals surface area contributed by atoms with Crippen LogP contribution in [-0.4, -0.2) is 50.7 Å². The van der Waals surface area contributed by atoms with Gasteiger partial charge in [0.15, 0.2) is 0 Å². The molecule has 1 atom stereocenters. The van der Waals surface area contributed by atoms with E-state index < -0.39 is 16.3 Å². The topological polar surface area (TPSA) is 78.9 Å². The van der Waals surface area contributed by atoms with Gasteiger partial charge in [-0.1, -0.05) is 24.3 Å². The molecule has 1 aromatic rings. The SMILES string of the molecule is COCC(CCO)NS(=O)(=O)N1CCc2ccccc2C1. The Bertz CT molecular complexity index is 556. The Morgan fingerprint density at radius 2 is 2.10 bits per heavy atom. The van der Waals surface area contributed by atoms with E-state index in [0.717, 1.165) is 5.56 Å². The standard InChI is InChI=1S/C14H22N2O4S/c1-20-11-14(7-9-17)15-21(18,19)16-8-6-12-4-2-3-5-13(12)10-16/h2-5,14-15,17H,6-11H2,1H3. The Balaban J connectivity index is 2.06. The third-order valence-corrected chi connectivity index (χ3v) is 5.22. The van der Waals surface area contributed by atoms with E-state index in [1.165, 1.54) is 17.0 Å². The molecule has 0 aliphatic carbocycles. The second kappa shape index (κ2) is 7.33. The third-order valence-electron chi connectivity index (χ3n) is 3.60. The maximum atomic E-state index is 12.4. The molecule has 7 heteroatoms. The van der Waals surface area contributed by atoms with Gasteiger partial charge in [-0.2, -0.15) is 17.4 Å². The molecule has 0 fully saturated rings. The van der Waals surface area contributed by atoms with E-state index in [2.05, 4.69) is 4.72 Å². The van der Waals surface area contributed by atoms with Gasteiger partial charge in [-0.15, -0.1) is 0 Å². The van der Waals surface area contributed by atoms with Gasteiger partial charge in [-0.05, 0) is 24.0 Å². The van der Waals surface area contributed by atoms with Crippen molar-refractivity contribution in [1.29, 1.82) is 0 Å². The summed E-state index contributed by atoms with van der Waals surface area (Å²) in [7, 11) is -2.07. The molecule has 118 valence electrons. The number of hydrogen-bond acceptors (Lipinski definition) is 4. The van der Waals surface area contributed by atoms with Crippen molar-refractivity contribution in [1.82, 2.24) is 9.03 Å². The molecule has 0 aromatic heterocycles. The summed E-state index contributed by atoms with van der Waals surface area (Å²) in [5.74, 6) is 0. The molecular weight excluding hydrogens is 292 g/mol. The highest BCUT2D eigenvalue weighted by Crippen LogP contribution is 2.20. The van der Waals surface area contributed by atoms with Crippen molar-refractivity contribution < 1.29 is 18.3 Å². The summed E-state index contributed by atoms with van der Waals surface area (Å²) in [5.41, 5.74) is 2.24. The van der Waals surface area contributed by atoms with E-state index in [1.807, 2.05) is 24.3 Å². The van der Waals surface area contributed by atoms with Crippen molar-refractivity contribution in [2.75, 3.05) is 26.9 Å². The fourth-order valence-electron chi connectivity index (χ4n) is 2.49. The number of aliphatic hydroxyl groups excluding tert-OH is 1. The summed E-state index contributed by atoms with van der Waals surface area (Å²) in [6.07, 6.45) is 1.05. The molecule has 2 N–H and O–H groups in total. The Kier molecular flexibility index (Phi) is 5.72. The van der Waals surface area contributed by atoms with Gasteiger partial charge in [-0.25, -0.2) is 0 Å². The van der Waals surface area contributed by atoms with Crippen LogP contribution in [0.1, 0.15) is 17.5 Å². The molecule has 0 saturated carbocycles. The summed E-state index contributed by atoms with van der Waals surface area (Å²) < 4.78 is 33.9. The smallest absolute Gasteiger partial charge is 0.280 e. The van der Waals surface area contributed by atoms with Crippen molar-refractivity contribution in [2.45, 2.75) is 25.4 Å². The monoisotopic (exact) mass is 314 g/mol. The molecular formula is C14H22N2O4S. The largest absolute Gasteiger partial charge is 0.396 e. The molecule has 1 aliphatic rings.